The number of carbonyl (C=O) groups is 2. The molecule has 2 unspecified atom stereocenters. The number of likely N-dealkylation sites (tertiary alicyclic amines) is 1. The molecule has 1 aliphatic carbocycles. The third-order valence-electron chi connectivity index (χ3n) is 7.89. The van der Waals surface area contributed by atoms with Gasteiger partial charge in [-0.2, -0.15) is 5.26 Å². The molecule has 2 fully saturated rings. The molecule has 1 saturated carbocycles. The highest BCUT2D eigenvalue weighted by atomic mass is 32.2. The first kappa shape index (κ1) is 28.9. The molecule has 208 valence electrons. The van der Waals surface area contributed by atoms with Crippen LogP contribution in [-0.2, 0) is 27.2 Å². The van der Waals surface area contributed by atoms with E-state index in [9.17, 15) is 19.4 Å². The molecule has 0 bridgehead atoms. The molecule has 39 heavy (non-hydrogen) atoms. The predicted molar refractivity (Wildman–Crippen MR) is 148 cm³/mol. The molecule has 0 spiro atoms. The smallest absolute Gasteiger partial charge is 0.315 e. The normalized spacial score (nSPS) is 21.7. The summed E-state index contributed by atoms with van der Waals surface area (Å²) in [6.45, 7) is 5.74. The molecule has 0 radical (unpaired) electrons. The molecule has 2 aliphatic rings. The molecule has 1 heterocycles. The number of carbonyl (C=O) groups excluding carboxylic acids is 2. The predicted octanol–water partition coefficient (Wildman–Crippen LogP) is 4.04. The number of nitrogens with one attached hydrogen (secondary N) is 1. The van der Waals surface area contributed by atoms with E-state index >= 15 is 4.39 Å². The van der Waals surface area contributed by atoms with E-state index in [-0.39, 0.29) is 18.5 Å². The molecule has 4 rings (SSSR count). The van der Waals surface area contributed by atoms with Gasteiger partial charge in [0.1, 0.15) is 16.1 Å². The third kappa shape index (κ3) is 5.49. The molecule has 5 N–H and O–H groups in total. The minimum atomic E-state index is -1.74. The lowest BCUT2D eigenvalue weighted by Crippen LogP contribution is -2.56. The first-order valence-corrected chi connectivity index (χ1v) is 14.4. The molecule has 3 amide bonds. The van der Waals surface area contributed by atoms with Crippen molar-refractivity contribution in [3.05, 3.63) is 70.5 Å². The van der Waals surface area contributed by atoms with Gasteiger partial charge in [-0.15, -0.1) is 4.72 Å². The number of amides is 3. The lowest BCUT2D eigenvalue weighted by molar-refractivity contribution is -0.127. The fourth-order valence-corrected chi connectivity index (χ4v) is 6.47. The van der Waals surface area contributed by atoms with Crippen LogP contribution in [0.3, 0.4) is 0 Å². The van der Waals surface area contributed by atoms with E-state index in [2.05, 4.69) is 10.8 Å². The number of nitrogens with two attached hydrogens (primary N) is 2. The van der Waals surface area contributed by atoms with Crippen molar-refractivity contribution in [1.29, 1.82) is 5.26 Å². The molecule has 8 nitrogen and oxygen atoms in total. The van der Waals surface area contributed by atoms with Crippen LogP contribution in [0.5, 0.6) is 0 Å². The molecular weight excluding hydrogens is 517 g/mol. The van der Waals surface area contributed by atoms with E-state index < -0.39 is 44.9 Å². The Labute approximate surface area is 232 Å². The van der Waals surface area contributed by atoms with Gasteiger partial charge in [0.25, 0.3) is 0 Å². The van der Waals surface area contributed by atoms with E-state index in [1.165, 1.54) is 6.07 Å². The van der Waals surface area contributed by atoms with Crippen LogP contribution < -0.4 is 16.2 Å². The van der Waals surface area contributed by atoms with Gasteiger partial charge in [-0.25, -0.2) is 9.18 Å². The van der Waals surface area contributed by atoms with Gasteiger partial charge in [-0.05, 0) is 87.8 Å². The van der Waals surface area contributed by atoms with Gasteiger partial charge in [-0.3, -0.25) is 4.79 Å². The highest BCUT2D eigenvalue weighted by Crippen LogP contribution is 2.45. The third-order valence-corrected chi connectivity index (χ3v) is 9.54. The van der Waals surface area contributed by atoms with Crippen LogP contribution in [0, 0.1) is 23.1 Å². The van der Waals surface area contributed by atoms with Gasteiger partial charge >= 0.3 is 6.03 Å². The van der Waals surface area contributed by atoms with Crippen molar-refractivity contribution in [2.24, 2.45) is 17.4 Å². The molecule has 0 aromatic heterocycles. The van der Waals surface area contributed by atoms with Crippen LogP contribution in [-0.4, -0.2) is 32.7 Å². The summed E-state index contributed by atoms with van der Waals surface area (Å²) in [4.78, 5) is 26.4. The second kappa shape index (κ2) is 10.8. The first-order chi connectivity index (χ1) is 18.3. The van der Waals surface area contributed by atoms with Crippen molar-refractivity contribution in [2.75, 3.05) is 6.54 Å². The summed E-state index contributed by atoms with van der Waals surface area (Å²) in [5, 5.41) is 9.66. The number of nitrogens with zero attached hydrogens (tertiary/aromatic N) is 2. The average Bonchev–Trinajstić information content (AvgIpc) is 3.61. The van der Waals surface area contributed by atoms with Gasteiger partial charge in [-0.1, -0.05) is 31.0 Å². The maximum Gasteiger partial charge on any atom is 0.315 e. The monoisotopic (exact) mass is 553 g/mol. The number of urea groups is 1. The number of hydrogen-bond acceptors (Lipinski definition) is 5. The summed E-state index contributed by atoms with van der Waals surface area (Å²) >= 11 is -1.56. The standard InChI is InChI=1S/C29H36FN5O3S/c1-27(2,3)39(38)34-28(14-12-19-8-9-19,21-7-4-6-20(16-21)18-31)22-10-11-24(30)23(17-22)29(25(32)36)13-5-15-35(29)26(33)37/h4,6-7,10-11,16-17,19,34H,5,8-9,12-15H2,1-3H3,(H2,32,36)(H2,33,37)/t28?,29?,39-/m1/s1. The van der Waals surface area contributed by atoms with E-state index in [0.29, 0.717) is 35.4 Å². The molecule has 3 atom stereocenters. The molecule has 2 aromatic carbocycles. The number of primary amides is 2. The maximum absolute atomic E-state index is 15.6. The fourth-order valence-electron chi connectivity index (χ4n) is 5.51. The van der Waals surface area contributed by atoms with Gasteiger partial charge in [0.05, 0.1) is 11.6 Å². The van der Waals surface area contributed by atoms with Gasteiger partial charge < -0.3 is 20.9 Å². The Kier molecular flexibility index (Phi) is 7.99. The largest absolute Gasteiger partial charge is 0.598 e. The van der Waals surface area contributed by atoms with Crippen molar-refractivity contribution in [2.45, 2.75) is 75.1 Å². The number of halogens is 1. The minimum absolute atomic E-state index is 0.0422. The summed E-state index contributed by atoms with van der Waals surface area (Å²) in [7, 11) is 0. The van der Waals surface area contributed by atoms with E-state index in [1.807, 2.05) is 26.8 Å². The molecule has 10 heteroatoms. The highest BCUT2D eigenvalue weighted by Gasteiger charge is 2.52. The summed E-state index contributed by atoms with van der Waals surface area (Å²) < 4.78 is 32.1. The molecule has 2 aromatic rings. The van der Waals surface area contributed by atoms with Crippen molar-refractivity contribution in [3.8, 4) is 6.07 Å². The summed E-state index contributed by atoms with van der Waals surface area (Å²) in [5.74, 6) is -1.04. The Bertz CT molecular complexity index is 1300. The van der Waals surface area contributed by atoms with Crippen LogP contribution >= 0.6 is 0 Å². The Balaban J connectivity index is 1.98. The van der Waals surface area contributed by atoms with Crippen molar-refractivity contribution in [1.82, 2.24) is 9.62 Å². The fraction of sp³-hybridized carbons (Fsp3) is 0.483. The summed E-state index contributed by atoms with van der Waals surface area (Å²) in [6, 6.07) is 12.8. The lowest BCUT2D eigenvalue weighted by Gasteiger charge is -2.40. The van der Waals surface area contributed by atoms with Crippen LogP contribution in [0.15, 0.2) is 42.5 Å². The van der Waals surface area contributed by atoms with Crippen molar-refractivity contribution >= 4 is 23.3 Å². The molecular formula is C29H36FN5O3S. The lowest BCUT2D eigenvalue weighted by atomic mass is 9.76. The van der Waals surface area contributed by atoms with Crippen LogP contribution in [0.25, 0.3) is 0 Å². The molecule has 1 saturated heterocycles. The zero-order chi connectivity index (χ0) is 28.6. The van der Waals surface area contributed by atoms with Crippen molar-refractivity contribution in [3.63, 3.8) is 0 Å². The molecule has 1 aliphatic heterocycles. The van der Waals surface area contributed by atoms with Crippen LogP contribution in [0.1, 0.15) is 81.5 Å². The topological polar surface area (TPSA) is 148 Å². The second-order valence-corrected chi connectivity index (χ2v) is 13.5. The number of benzene rings is 2. The maximum atomic E-state index is 15.6. The van der Waals surface area contributed by atoms with Gasteiger partial charge in [0, 0.05) is 23.5 Å². The van der Waals surface area contributed by atoms with Gasteiger partial charge in [0.2, 0.25) is 5.91 Å². The van der Waals surface area contributed by atoms with Crippen LogP contribution in [0.2, 0.25) is 0 Å². The first-order valence-electron chi connectivity index (χ1n) is 13.2. The second-order valence-electron chi connectivity index (χ2n) is 11.6. The summed E-state index contributed by atoms with van der Waals surface area (Å²) in [5.41, 5.74) is 10.3. The summed E-state index contributed by atoms with van der Waals surface area (Å²) in [6.07, 6.45) is 4.09. The number of nitriles is 1. The van der Waals surface area contributed by atoms with E-state index in [4.69, 9.17) is 11.5 Å². The van der Waals surface area contributed by atoms with E-state index in [0.717, 1.165) is 24.2 Å². The Morgan fingerprint density at radius 2 is 1.90 bits per heavy atom. The highest BCUT2D eigenvalue weighted by molar-refractivity contribution is 7.90. The van der Waals surface area contributed by atoms with Gasteiger partial charge in [0.15, 0.2) is 5.54 Å². The Morgan fingerprint density at radius 1 is 1.21 bits per heavy atom. The zero-order valence-corrected chi connectivity index (χ0v) is 23.4. The number of hydrogen-bond donors (Lipinski definition) is 3. The Hall–Kier alpha value is -3.13. The van der Waals surface area contributed by atoms with Crippen LogP contribution in [0.4, 0.5) is 9.18 Å². The zero-order valence-electron chi connectivity index (χ0n) is 22.6. The quantitative estimate of drug-likeness (QED) is 0.401. The Morgan fingerprint density at radius 3 is 2.49 bits per heavy atom. The minimum Gasteiger partial charge on any atom is -0.598 e. The van der Waals surface area contributed by atoms with Crippen molar-refractivity contribution < 1.29 is 18.5 Å². The number of rotatable bonds is 9. The van der Waals surface area contributed by atoms with E-state index in [1.54, 1.807) is 30.3 Å². The SMILES string of the molecule is CC(C)(C)[S@@+]([O-])NC(CCC1CC1)(c1cccc(C#N)c1)c1ccc(F)c(C2(C(N)=O)CCCN2C(N)=O)c1. The average molecular weight is 554 g/mol.